The lowest BCUT2D eigenvalue weighted by molar-refractivity contribution is 0.0745. The summed E-state index contributed by atoms with van der Waals surface area (Å²) in [6.45, 7) is 1.75. The van der Waals surface area contributed by atoms with Crippen molar-refractivity contribution < 1.29 is 14.6 Å². The number of hydrogen-bond acceptors (Lipinski definition) is 6. The summed E-state index contributed by atoms with van der Waals surface area (Å²) in [7, 11) is 3.32. The van der Waals surface area contributed by atoms with Crippen molar-refractivity contribution in [3.63, 3.8) is 0 Å². The Bertz CT molecular complexity index is 978. The molecule has 28 heavy (non-hydrogen) atoms. The van der Waals surface area contributed by atoms with Gasteiger partial charge in [0.2, 0.25) is 5.88 Å². The number of nitrogens with zero attached hydrogens (tertiary/aromatic N) is 6. The molecule has 1 aliphatic rings. The van der Waals surface area contributed by atoms with Crippen molar-refractivity contribution >= 4 is 5.91 Å². The fourth-order valence-corrected chi connectivity index (χ4v) is 3.41. The number of pyridine rings is 1. The van der Waals surface area contributed by atoms with Gasteiger partial charge in [-0.15, -0.1) is 0 Å². The number of aryl methyl sites for hydroxylation is 2. The number of carbonyl (C=O) groups excluding carboxylic acids is 1. The summed E-state index contributed by atoms with van der Waals surface area (Å²) in [6.07, 6.45) is 3.09. The van der Waals surface area contributed by atoms with Crippen LogP contribution in [0.2, 0.25) is 0 Å². The molecule has 0 bridgehead atoms. The molecule has 1 aliphatic heterocycles. The van der Waals surface area contributed by atoms with Crippen LogP contribution in [0.25, 0.3) is 0 Å². The minimum Gasteiger partial charge on any atom is -0.481 e. The van der Waals surface area contributed by atoms with Crippen LogP contribution in [0.4, 0.5) is 0 Å². The first-order chi connectivity index (χ1) is 13.6. The Balaban J connectivity index is 1.55. The third-order valence-electron chi connectivity index (χ3n) is 4.93. The number of fused-ring (bicyclic) bond motifs is 1. The summed E-state index contributed by atoms with van der Waals surface area (Å²) in [4.78, 5) is 18.8. The minimum atomic E-state index is -0.859. The summed E-state index contributed by atoms with van der Waals surface area (Å²) >= 11 is 0. The highest BCUT2D eigenvalue weighted by atomic mass is 16.5. The van der Waals surface area contributed by atoms with Crippen molar-refractivity contribution in [2.45, 2.75) is 25.6 Å². The highest BCUT2D eigenvalue weighted by Crippen LogP contribution is 2.23. The van der Waals surface area contributed by atoms with Crippen molar-refractivity contribution in [1.82, 2.24) is 29.4 Å². The number of aromatic nitrogens is 5. The second kappa shape index (κ2) is 7.43. The Morgan fingerprint density at radius 1 is 1.29 bits per heavy atom. The van der Waals surface area contributed by atoms with E-state index < -0.39 is 6.10 Å². The molecule has 4 rings (SSSR count). The third-order valence-corrected chi connectivity index (χ3v) is 4.93. The van der Waals surface area contributed by atoms with E-state index in [0.717, 1.165) is 12.1 Å². The quantitative estimate of drug-likeness (QED) is 0.727. The van der Waals surface area contributed by atoms with Gasteiger partial charge >= 0.3 is 0 Å². The normalized spacial score (nSPS) is 15.0. The lowest BCUT2D eigenvalue weighted by Crippen LogP contribution is -2.30. The topological polar surface area (TPSA) is 98.3 Å². The van der Waals surface area contributed by atoms with Gasteiger partial charge in [0.1, 0.15) is 6.10 Å². The number of methoxy groups -OCH3 is 1. The van der Waals surface area contributed by atoms with Crippen LogP contribution in [0.5, 0.6) is 5.88 Å². The van der Waals surface area contributed by atoms with Crippen LogP contribution in [0.15, 0.2) is 36.7 Å². The molecule has 1 atom stereocenters. The van der Waals surface area contributed by atoms with Crippen LogP contribution in [-0.4, -0.2) is 54.1 Å². The fourth-order valence-electron chi connectivity index (χ4n) is 3.41. The predicted molar refractivity (Wildman–Crippen MR) is 99.6 cm³/mol. The molecule has 9 nitrogen and oxygen atoms in total. The highest BCUT2D eigenvalue weighted by molar-refractivity contribution is 5.93. The molecule has 9 heteroatoms. The van der Waals surface area contributed by atoms with Gasteiger partial charge in [-0.1, -0.05) is 0 Å². The lowest BCUT2D eigenvalue weighted by Gasteiger charge is -2.20. The molecule has 3 aromatic heterocycles. The number of amides is 1. The molecule has 0 saturated heterocycles. The Kier molecular flexibility index (Phi) is 4.82. The van der Waals surface area contributed by atoms with Crippen LogP contribution >= 0.6 is 0 Å². The molecule has 0 fully saturated rings. The van der Waals surface area contributed by atoms with Crippen LogP contribution in [0, 0.1) is 0 Å². The predicted octanol–water partition coefficient (Wildman–Crippen LogP) is 1.15. The molecular formula is C19H22N6O3. The van der Waals surface area contributed by atoms with Gasteiger partial charge in [-0.3, -0.25) is 14.2 Å². The number of aliphatic hydroxyl groups excluding tert-OH is 1. The summed E-state index contributed by atoms with van der Waals surface area (Å²) in [5.41, 5.74) is 2.64. The highest BCUT2D eigenvalue weighted by Gasteiger charge is 2.25. The summed E-state index contributed by atoms with van der Waals surface area (Å²) in [5.74, 6) is 0.387. The number of aliphatic hydroxyl groups is 1. The van der Waals surface area contributed by atoms with Crippen molar-refractivity contribution in [3.05, 3.63) is 59.3 Å². The maximum atomic E-state index is 12.9. The van der Waals surface area contributed by atoms with E-state index >= 15 is 0 Å². The lowest BCUT2D eigenvalue weighted by atomic mass is 10.1. The van der Waals surface area contributed by atoms with E-state index in [9.17, 15) is 9.90 Å². The minimum absolute atomic E-state index is 0.0847. The molecule has 4 heterocycles. The van der Waals surface area contributed by atoms with Crippen molar-refractivity contribution in [1.29, 1.82) is 0 Å². The van der Waals surface area contributed by atoms with Gasteiger partial charge in [-0.05, 0) is 24.6 Å². The molecule has 1 amide bonds. The Morgan fingerprint density at radius 3 is 2.82 bits per heavy atom. The van der Waals surface area contributed by atoms with Crippen LogP contribution in [0.1, 0.15) is 40.0 Å². The molecule has 1 N–H and O–H groups in total. The molecule has 146 valence electrons. The first kappa shape index (κ1) is 18.2. The smallest absolute Gasteiger partial charge is 0.255 e. The summed E-state index contributed by atoms with van der Waals surface area (Å²) < 4.78 is 8.54. The zero-order chi connectivity index (χ0) is 19.7. The van der Waals surface area contributed by atoms with Gasteiger partial charge in [0.25, 0.3) is 5.91 Å². The van der Waals surface area contributed by atoms with Gasteiger partial charge in [-0.2, -0.15) is 10.2 Å². The first-order valence-electron chi connectivity index (χ1n) is 9.08. The Labute approximate surface area is 162 Å². The molecule has 0 saturated carbocycles. The van der Waals surface area contributed by atoms with Crippen LogP contribution < -0.4 is 4.74 Å². The van der Waals surface area contributed by atoms with E-state index in [2.05, 4.69) is 15.2 Å². The van der Waals surface area contributed by atoms with Gasteiger partial charge < -0.3 is 14.7 Å². The molecule has 3 aromatic rings. The van der Waals surface area contributed by atoms with E-state index in [1.165, 1.54) is 13.3 Å². The average Bonchev–Trinajstić information content (AvgIpc) is 3.27. The maximum absolute atomic E-state index is 12.9. The summed E-state index contributed by atoms with van der Waals surface area (Å²) in [6, 6.07) is 7.02. The van der Waals surface area contributed by atoms with E-state index in [-0.39, 0.29) is 5.91 Å². The van der Waals surface area contributed by atoms with E-state index in [4.69, 9.17) is 4.74 Å². The zero-order valence-electron chi connectivity index (χ0n) is 15.8. The Hall–Kier alpha value is -3.20. The second-order valence-corrected chi connectivity index (χ2v) is 6.74. The fraction of sp³-hybridized carbons (Fsp3) is 0.368. The number of hydrogen-bond donors (Lipinski definition) is 1. The van der Waals surface area contributed by atoms with Gasteiger partial charge in [0, 0.05) is 38.6 Å². The summed E-state index contributed by atoms with van der Waals surface area (Å²) in [5, 5.41) is 19.3. The van der Waals surface area contributed by atoms with E-state index in [1.807, 2.05) is 10.7 Å². The van der Waals surface area contributed by atoms with Crippen molar-refractivity contribution in [2.75, 3.05) is 13.7 Å². The average molecular weight is 382 g/mol. The molecule has 0 unspecified atom stereocenters. The number of rotatable bonds is 4. The molecule has 0 aromatic carbocycles. The molecule has 0 aliphatic carbocycles. The monoisotopic (exact) mass is 382 g/mol. The Morgan fingerprint density at radius 2 is 2.14 bits per heavy atom. The largest absolute Gasteiger partial charge is 0.481 e. The molecule has 0 radical (unpaired) electrons. The van der Waals surface area contributed by atoms with Crippen LogP contribution in [-0.2, 0) is 20.1 Å². The van der Waals surface area contributed by atoms with Gasteiger partial charge in [0.15, 0.2) is 0 Å². The van der Waals surface area contributed by atoms with Gasteiger partial charge in [0.05, 0.1) is 36.3 Å². The second-order valence-electron chi connectivity index (χ2n) is 6.74. The van der Waals surface area contributed by atoms with E-state index in [1.54, 1.807) is 41.0 Å². The SMILES string of the molecule is COc1ccc(C(=O)N2CCCn3nc([C@@H](O)c4ccnn4C)cc3C2)cn1. The molecular weight excluding hydrogens is 360 g/mol. The van der Waals surface area contributed by atoms with Gasteiger partial charge in [-0.25, -0.2) is 4.98 Å². The van der Waals surface area contributed by atoms with Crippen molar-refractivity contribution in [3.8, 4) is 5.88 Å². The molecule has 0 spiro atoms. The maximum Gasteiger partial charge on any atom is 0.255 e. The zero-order valence-corrected chi connectivity index (χ0v) is 15.8. The van der Waals surface area contributed by atoms with Crippen molar-refractivity contribution in [2.24, 2.45) is 7.05 Å². The van der Waals surface area contributed by atoms with E-state index in [0.29, 0.717) is 42.5 Å². The standard InChI is InChI=1S/C19H22N6O3/c1-23-16(6-7-21-23)18(26)15-10-14-12-24(8-3-9-25(14)22-15)19(27)13-4-5-17(28-2)20-11-13/h4-7,10-11,18,26H,3,8-9,12H2,1-2H3/t18-/m1/s1. The van der Waals surface area contributed by atoms with Crippen LogP contribution in [0.3, 0.4) is 0 Å². The number of carbonyl (C=O) groups is 1. The third kappa shape index (κ3) is 3.36. The number of ether oxygens (including phenoxy) is 1. The first-order valence-corrected chi connectivity index (χ1v) is 9.08.